The second-order valence-electron chi connectivity index (χ2n) is 4.07. The third-order valence-corrected chi connectivity index (χ3v) is 2.93. The van der Waals surface area contributed by atoms with Gasteiger partial charge in [0.05, 0.1) is 0 Å². The fourth-order valence-corrected chi connectivity index (χ4v) is 2.12. The van der Waals surface area contributed by atoms with Crippen LogP contribution >= 0.6 is 0 Å². The van der Waals surface area contributed by atoms with Crippen LogP contribution in [0.5, 0.6) is 0 Å². The van der Waals surface area contributed by atoms with Gasteiger partial charge in [-0.3, -0.25) is 0 Å². The summed E-state index contributed by atoms with van der Waals surface area (Å²) in [6, 6.07) is 0.763. The van der Waals surface area contributed by atoms with E-state index in [1.54, 1.807) is 0 Å². The summed E-state index contributed by atoms with van der Waals surface area (Å²) in [6.07, 6.45) is 11.5. The first kappa shape index (κ1) is 9.71. The lowest BCUT2D eigenvalue weighted by Crippen LogP contribution is -2.33. The van der Waals surface area contributed by atoms with Crippen LogP contribution in [0.15, 0.2) is 12.4 Å². The van der Waals surface area contributed by atoms with Crippen LogP contribution in [0.4, 0.5) is 0 Å². The molecule has 0 spiro atoms. The van der Waals surface area contributed by atoms with Gasteiger partial charge >= 0.3 is 0 Å². The van der Waals surface area contributed by atoms with Gasteiger partial charge in [0.1, 0.15) is 5.82 Å². The molecule has 1 fully saturated rings. The van der Waals surface area contributed by atoms with E-state index in [0.717, 1.165) is 18.3 Å². The molecule has 1 aromatic heterocycles. The lowest BCUT2D eigenvalue weighted by molar-refractivity contribution is 0.375. The van der Waals surface area contributed by atoms with Crippen molar-refractivity contribution >= 4 is 0 Å². The molecule has 0 radical (unpaired) electrons. The van der Waals surface area contributed by atoms with Gasteiger partial charge in [-0.1, -0.05) is 6.42 Å². The van der Waals surface area contributed by atoms with Crippen molar-refractivity contribution in [3.8, 4) is 0 Å². The van der Waals surface area contributed by atoms with Crippen LogP contribution in [-0.2, 0) is 6.42 Å². The molecule has 78 valence electrons. The molecule has 0 bridgehead atoms. The number of imidazole rings is 1. The van der Waals surface area contributed by atoms with E-state index in [0.29, 0.717) is 0 Å². The van der Waals surface area contributed by atoms with Gasteiger partial charge in [0.2, 0.25) is 0 Å². The Morgan fingerprint density at radius 3 is 3.14 bits per heavy atom. The van der Waals surface area contributed by atoms with Crippen molar-refractivity contribution in [3.63, 3.8) is 0 Å². The molecule has 14 heavy (non-hydrogen) atoms. The predicted molar refractivity (Wildman–Crippen MR) is 57.2 cm³/mol. The zero-order valence-electron chi connectivity index (χ0n) is 8.63. The van der Waals surface area contributed by atoms with Crippen LogP contribution in [-0.4, -0.2) is 22.6 Å². The summed E-state index contributed by atoms with van der Waals surface area (Å²) in [6.45, 7) is 1.21. The summed E-state index contributed by atoms with van der Waals surface area (Å²) in [7, 11) is 0. The van der Waals surface area contributed by atoms with Crippen molar-refractivity contribution < 1.29 is 0 Å². The fraction of sp³-hybridized carbons (Fsp3) is 0.727. The van der Waals surface area contributed by atoms with Gasteiger partial charge in [0, 0.05) is 24.9 Å². The van der Waals surface area contributed by atoms with E-state index in [2.05, 4.69) is 15.3 Å². The zero-order valence-corrected chi connectivity index (χ0v) is 8.63. The van der Waals surface area contributed by atoms with Crippen molar-refractivity contribution in [1.29, 1.82) is 0 Å². The first-order chi connectivity index (χ1) is 6.95. The smallest absolute Gasteiger partial charge is 0.105 e. The SMILES string of the molecule is c1c[nH]c(CCCC2CCCCN2)n1. The molecule has 2 heterocycles. The van der Waals surface area contributed by atoms with Gasteiger partial charge in [0.25, 0.3) is 0 Å². The van der Waals surface area contributed by atoms with E-state index < -0.39 is 0 Å². The summed E-state index contributed by atoms with van der Waals surface area (Å²) in [5, 5.41) is 3.57. The van der Waals surface area contributed by atoms with E-state index in [9.17, 15) is 0 Å². The molecule has 0 saturated carbocycles. The highest BCUT2D eigenvalue weighted by Gasteiger charge is 2.11. The molecule has 2 rings (SSSR count). The number of piperidine rings is 1. The largest absolute Gasteiger partial charge is 0.349 e. The first-order valence-electron chi connectivity index (χ1n) is 5.67. The molecule has 1 aromatic rings. The molecule has 0 amide bonds. The minimum Gasteiger partial charge on any atom is -0.349 e. The van der Waals surface area contributed by atoms with Gasteiger partial charge in [-0.25, -0.2) is 4.98 Å². The van der Waals surface area contributed by atoms with Gasteiger partial charge in [0.15, 0.2) is 0 Å². The molecule has 1 aliphatic heterocycles. The third-order valence-electron chi connectivity index (χ3n) is 2.93. The van der Waals surface area contributed by atoms with E-state index in [1.807, 2.05) is 12.4 Å². The highest BCUT2D eigenvalue weighted by atomic mass is 14.9. The van der Waals surface area contributed by atoms with Gasteiger partial charge in [-0.2, -0.15) is 0 Å². The van der Waals surface area contributed by atoms with E-state index in [1.165, 1.54) is 38.6 Å². The van der Waals surface area contributed by atoms with Gasteiger partial charge < -0.3 is 10.3 Å². The number of nitrogens with one attached hydrogen (secondary N) is 2. The molecule has 3 nitrogen and oxygen atoms in total. The number of aryl methyl sites for hydroxylation is 1. The van der Waals surface area contributed by atoms with E-state index >= 15 is 0 Å². The molecule has 0 aromatic carbocycles. The topological polar surface area (TPSA) is 40.7 Å². The van der Waals surface area contributed by atoms with Crippen LogP contribution in [0, 0.1) is 0 Å². The minimum atomic E-state index is 0.763. The summed E-state index contributed by atoms with van der Waals surface area (Å²) in [4.78, 5) is 7.37. The number of hydrogen-bond acceptors (Lipinski definition) is 2. The second kappa shape index (κ2) is 5.15. The predicted octanol–water partition coefficient (Wildman–Crippen LogP) is 1.87. The maximum absolute atomic E-state index is 4.22. The number of aromatic amines is 1. The van der Waals surface area contributed by atoms with Crippen LogP contribution < -0.4 is 5.32 Å². The molecular formula is C11H19N3. The van der Waals surface area contributed by atoms with Crippen molar-refractivity contribution in [1.82, 2.24) is 15.3 Å². The maximum Gasteiger partial charge on any atom is 0.105 e. The number of rotatable bonds is 4. The Kier molecular flexibility index (Phi) is 3.57. The molecule has 1 aliphatic rings. The Morgan fingerprint density at radius 1 is 1.43 bits per heavy atom. The Labute approximate surface area is 85.3 Å². The number of hydrogen-bond donors (Lipinski definition) is 2. The molecule has 1 atom stereocenters. The Morgan fingerprint density at radius 2 is 2.43 bits per heavy atom. The lowest BCUT2D eigenvalue weighted by Gasteiger charge is -2.23. The molecule has 1 saturated heterocycles. The quantitative estimate of drug-likeness (QED) is 0.766. The van der Waals surface area contributed by atoms with Crippen LogP contribution in [0.25, 0.3) is 0 Å². The summed E-state index contributed by atoms with van der Waals surface area (Å²) in [5.74, 6) is 1.13. The van der Waals surface area contributed by atoms with E-state index in [-0.39, 0.29) is 0 Å². The minimum absolute atomic E-state index is 0.763. The normalized spacial score (nSPS) is 22.4. The highest BCUT2D eigenvalue weighted by molar-refractivity contribution is 4.87. The number of aromatic nitrogens is 2. The van der Waals surface area contributed by atoms with Crippen LogP contribution in [0.3, 0.4) is 0 Å². The number of H-pyrrole nitrogens is 1. The van der Waals surface area contributed by atoms with E-state index in [4.69, 9.17) is 0 Å². The maximum atomic E-state index is 4.22. The summed E-state index contributed by atoms with van der Waals surface area (Å²) < 4.78 is 0. The van der Waals surface area contributed by atoms with Crippen molar-refractivity contribution in [3.05, 3.63) is 18.2 Å². The van der Waals surface area contributed by atoms with Gasteiger partial charge in [-0.05, 0) is 32.2 Å². The molecule has 3 heteroatoms. The molecule has 0 aliphatic carbocycles. The van der Waals surface area contributed by atoms with Crippen LogP contribution in [0.2, 0.25) is 0 Å². The van der Waals surface area contributed by atoms with Crippen LogP contribution in [0.1, 0.15) is 37.9 Å². The highest BCUT2D eigenvalue weighted by Crippen LogP contribution is 2.12. The standard InChI is InChI=1S/C11H19N3/c1-2-7-12-10(4-1)5-3-6-11-13-8-9-14-11/h8-10,12H,1-7H2,(H,13,14). The molecule has 1 unspecified atom stereocenters. The van der Waals surface area contributed by atoms with Gasteiger partial charge in [-0.15, -0.1) is 0 Å². The van der Waals surface area contributed by atoms with Crippen molar-refractivity contribution in [2.24, 2.45) is 0 Å². The summed E-state index contributed by atoms with van der Waals surface area (Å²) >= 11 is 0. The molecular weight excluding hydrogens is 174 g/mol. The average molecular weight is 193 g/mol. The summed E-state index contributed by atoms with van der Waals surface area (Å²) in [5.41, 5.74) is 0. The Bertz CT molecular complexity index is 237. The molecule has 2 N–H and O–H groups in total. The van der Waals surface area contributed by atoms with Crippen molar-refractivity contribution in [2.45, 2.75) is 44.6 Å². The Balaban J connectivity index is 1.62. The third kappa shape index (κ3) is 2.84. The Hall–Kier alpha value is -0.830. The average Bonchev–Trinajstić information content (AvgIpc) is 2.72. The zero-order chi connectivity index (χ0) is 9.64. The number of nitrogens with zero attached hydrogens (tertiary/aromatic N) is 1. The second-order valence-corrected chi connectivity index (χ2v) is 4.07. The van der Waals surface area contributed by atoms with Crippen molar-refractivity contribution in [2.75, 3.05) is 6.54 Å². The first-order valence-corrected chi connectivity index (χ1v) is 5.67. The fourth-order valence-electron chi connectivity index (χ4n) is 2.12. The lowest BCUT2D eigenvalue weighted by atomic mass is 10.00. The monoisotopic (exact) mass is 193 g/mol.